The molecular formula is C26H30N6O5S. The number of amides is 1. The Morgan fingerprint density at radius 3 is 2.63 bits per heavy atom. The van der Waals surface area contributed by atoms with Crippen LogP contribution in [0, 0.1) is 21.4 Å². The lowest BCUT2D eigenvalue weighted by Crippen LogP contribution is -2.51. The van der Waals surface area contributed by atoms with E-state index in [-0.39, 0.29) is 35.4 Å². The molecule has 3 aromatic rings. The number of sulfonamides is 1. The maximum absolute atomic E-state index is 13.3. The van der Waals surface area contributed by atoms with Crippen LogP contribution in [0.1, 0.15) is 18.4 Å². The maximum Gasteiger partial charge on any atom is 0.269 e. The molecule has 38 heavy (non-hydrogen) atoms. The van der Waals surface area contributed by atoms with Crippen LogP contribution in [0.5, 0.6) is 0 Å². The number of hydrogen-bond donors (Lipinski definition) is 4. The number of nitrogens with two attached hydrogens (primary N) is 1. The van der Waals surface area contributed by atoms with Crippen molar-refractivity contribution in [3.63, 3.8) is 0 Å². The van der Waals surface area contributed by atoms with Crippen LogP contribution >= 0.6 is 0 Å². The molecule has 0 spiro atoms. The Bertz CT molecular complexity index is 1460. The highest BCUT2D eigenvalue weighted by Gasteiger charge is 2.28. The van der Waals surface area contributed by atoms with Crippen molar-refractivity contribution >= 4 is 38.3 Å². The van der Waals surface area contributed by atoms with Crippen molar-refractivity contribution in [3.05, 3.63) is 82.4 Å². The van der Waals surface area contributed by atoms with Crippen molar-refractivity contribution in [1.29, 1.82) is 5.41 Å². The van der Waals surface area contributed by atoms with Gasteiger partial charge in [-0.15, -0.1) is 0 Å². The number of rotatable bonds is 9. The Balaban J connectivity index is 1.55. The predicted octanol–water partition coefficient (Wildman–Crippen LogP) is 2.36. The summed E-state index contributed by atoms with van der Waals surface area (Å²) in [7, 11) is -4.10. The highest BCUT2D eigenvalue weighted by atomic mass is 32.2. The van der Waals surface area contributed by atoms with Gasteiger partial charge < -0.3 is 16.0 Å². The first kappa shape index (κ1) is 27.0. The number of nitro groups is 1. The first-order valence-electron chi connectivity index (χ1n) is 12.2. The zero-order chi connectivity index (χ0) is 27.3. The minimum Gasteiger partial charge on any atom is -0.370 e. The first-order chi connectivity index (χ1) is 18.1. The molecule has 0 aliphatic carbocycles. The number of non-ortho nitro benzene ring substituents is 1. The van der Waals surface area contributed by atoms with Gasteiger partial charge in [0.2, 0.25) is 15.9 Å². The van der Waals surface area contributed by atoms with Gasteiger partial charge in [-0.3, -0.25) is 20.3 Å². The second-order valence-corrected chi connectivity index (χ2v) is 11.1. The van der Waals surface area contributed by atoms with Gasteiger partial charge in [-0.1, -0.05) is 42.5 Å². The molecule has 0 bridgehead atoms. The monoisotopic (exact) mass is 538 g/mol. The van der Waals surface area contributed by atoms with Crippen LogP contribution in [0.3, 0.4) is 0 Å². The van der Waals surface area contributed by atoms with Crippen LogP contribution in [0.15, 0.2) is 71.6 Å². The van der Waals surface area contributed by atoms with Crippen molar-refractivity contribution in [1.82, 2.24) is 14.9 Å². The Morgan fingerprint density at radius 2 is 1.89 bits per heavy atom. The van der Waals surface area contributed by atoms with E-state index in [1.165, 1.54) is 24.3 Å². The smallest absolute Gasteiger partial charge is 0.269 e. The number of carbonyl (C=O) groups is 1. The van der Waals surface area contributed by atoms with E-state index in [1.54, 1.807) is 29.2 Å². The van der Waals surface area contributed by atoms with Gasteiger partial charge in [-0.05, 0) is 53.6 Å². The van der Waals surface area contributed by atoms with Crippen LogP contribution in [-0.4, -0.2) is 55.8 Å². The Labute approximate surface area is 220 Å². The number of hydrogen-bond acceptors (Lipinski definition) is 6. The van der Waals surface area contributed by atoms with Crippen LogP contribution in [0.25, 0.3) is 10.8 Å². The Hall–Kier alpha value is -4.03. The van der Waals surface area contributed by atoms with Crippen molar-refractivity contribution < 1.29 is 18.1 Å². The SMILES string of the molecule is N=C(N)N1CCCC(CNC(=O)C(Cc2cccc([N+](=O)[O-])c2)NS(=O)(=O)c2ccc3ccccc3c2)C1. The first-order valence-corrected chi connectivity index (χ1v) is 13.7. The molecule has 1 heterocycles. The molecule has 0 radical (unpaired) electrons. The molecule has 1 amide bonds. The highest BCUT2D eigenvalue weighted by molar-refractivity contribution is 7.89. The number of piperidine rings is 1. The second-order valence-electron chi connectivity index (χ2n) is 9.40. The van der Waals surface area contributed by atoms with Gasteiger partial charge in [0.1, 0.15) is 6.04 Å². The molecule has 0 saturated carbocycles. The van der Waals surface area contributed by atoms with Gasteiger partial charge >= 0.3 is 0 Å². The van der Waals surface area contributed by atoms with Crippen LogP contribution in [-0.2, 0) is 21.2 Å². The molecule has 2 unspecified atom stereocenters. The van der Waals surface area contributed by atoms with E-state index in [4.69, 9.17) is 11.1 Å². The molecule has 3 aromatic carbocycles. The molecule has 1 aliphatic rings. The summed E-state index contributed by atoms with van der Waals surface area (Å²) in [5, 5.41) is 23.3. The largest absolute Gasteiger partial charge is 0.370 e. The predicted molar refractivity (Wildman–Crippen MR) is 144 cm³/mol. The van der Waals surface area contributed by atoms with E-state index in [1.807, 2.05) is 18.2 Å². The van der Waals surface area contributed by atoms with Crippen LogP contribution in [0.4, 0.5) is 5.69 Å². The molecule has 2 atom stereocenters. The molecule has 200 valence electrons. The molecule has 0 aromatic heterocycles. The van der Waals surface area contributed by atoms with Gasteiger partial charge in [0.15, 0.2) is 5.96 Å². The lowest BCUT2D eigenvalue weighted by atomic mass is 9.98. The normalized spacial score (nSPS) is 16.6. The Kier molecular flexibility index (Phi) is 8.23. The summed E-state index contributed by atoms with van der Waals surface area (Å²) in [6.07, 6.45) is 1.58. The van der Waals surface area contributed by atoms with Crippen molar-refractivity contribution in [2.75, 3.05) is 19.6 Å². The van der Waals surface area contributed by atoms with Crippen molar-refractivity contribution in [3.8, 4) is 0 Å². The quantitative estimate of drug-likeness (QED) is 0.140. The van der Waals surface area contributed by atoms with Crippen molar-refractivity contribution in [2.24, 2.45) is 11.7 Å². The summed E-state index contributed by atoms with van der Waals surface area (Å²) < 4.78 is 29.2. The Morgan fingerprint density at radius 1 is 1.13 bits per heavy atom. The third-order valence-electron chi connectivity index (χ3n) is 6.63. The summed E-state index contributed by atoms with van der Waals surface area (Å²) in [5.74, 6) is -0.513. The lowest BCUT2D eigenvalue weighted by molar-refractivity contribution is -0.384. The zero-order valence-corrected chi connectivity index (χ0v) is 21.5. The number of nitro benzene ring substituents is 1. The van der Waals surface area contributed by atoms with Gasteiger partial charge in [-0.25, -0.2) is 8.42 Å². The number of carbonyl (C=O) groups excluding carboxylic acids is 1. The van der Waals surface area contributed by atoms with Gasteiger partial charge in [0.05, 0.1) is 9.82 Å². The van der Waals surface area contributed by atoms with Gasteiger partial charge in [0.25, 0.3) is 5.69 Å². The minimum atomic E-state index is -4.10. The topological polar surface area (TPSA) is 172 Å². The molecule has 1 fully saturated rings. The standard InChI is InChI=1S/C26H30N6O5S/c27-26(28)31-12-4-6-19(17-31)16-29-25(33)24(14-18-5-3-9-22(13-18)32(34)35)30-38(36,37)23-11-10-20-7-1-2-8-21(20)15-23/h1-3,5,7-11,13,15,19,24,30H,4,6,12,14,16-17H2,(H3,27,28)(H,29,33). The molecule has 1 aliphatic heterocycles. The average Bonchev–Trinajstić information content (AvgIpc) is 2.91. The molecular weight excluding hydrogens is 508 g/mol. The van der Waals surface area contributed by atoms with Crippen molar-refractivity contribution in [2.45, 2.75) is 30.2 Å². The van der Waals surface area contributed by atoms with E-state index in [9.17, 15) is 23.3 Å². The van der Waals surface area contributed by atoms with Crippen LogP contribution in [0.2, 0.25) is 0 Å². The fourth-order valence-corrected chi connectivity index (χ4v) is 5.86. The molecule has 11 nitrogen and oxygen atoms in total. The third kappa shape index (κ3) is 6.64. The number of likely N-dealkylation sites (tertiary alicyclic amines) is 1. The minimum absolute atomic E-state index is 0.0115. The molecule has 1 saturated heterocycles. The van der Waals surface area contributed by atoms with E-state index in [2.05, 4.69) is 10.0 Å². The lowest BCUT2D eigenvalue weighted by Gasteiger charge is -2.33. The summed E-state index contributed by atoms with van der Waals surface area (Å²) in [6, 6.07) is 16.6. The number of nitrogens with one attached hydrogen (secondary N) is 3. The zero-order valence-electron chi connectivity index (χ0n) is 20.7. The summed E-state index contributed by atoms with van der Waals surface area (Å²) in [5.41, 5.74) is 5.91. The third-order valence-corrected chi connectivity index (χ3v) is 8.10. The molecule has 12 heteroatoms. The summed E-state index contributed by atoms with van der Waals surface area (Å²) in [6.45, 7) is 1.49. The second kappa shape index (κ2) is 11.6. The molecule has 4 rings (SSSR count). The van der Waals surface area contributed by atoms with Gasteiger partial charge in [0, 0.05) is 31.8 Å². The van der Waals surface area contributed by atoms with Crippen LogP contribution < -0.4 is 15.8 Å². The number of guanidine groups is 1. The molecule has 5 N–H and O–H groups in total. The van der Waals surface area contributed by atoms with E-state index < -0.39 is 26.9 Å². The van der Waals surface area contributed by atoms with E-state index >= 15 is 0 Å². The average molecular weight is 539 g/mol. The maximum atomic E-state index is 13.3. The summed E-state index contributed by atoms with van der Waals surface area (Å²) >= 11 is 0. The number of benzene rings is 3. The fourth-order valence-electron chi connectivity index (χ4n) is 4.63. The fraction of sp³-hybridized carbons (Fsp3) is 0.308. The summed E-state index contributed by atoms with van der Waals surface area (Å²) in [4.78, 5) is 25.7. The van der Waals surface area contributed by atoms with E-state index in [0.29, 0.717) is 18.7 Å². The highest BCUT2D eigenvalue weighted by Crippen LogP contribution is 2.21. The number of fused-ring (bicyclic) bond motifs is 1. The van der Waals surface area contributed by atoms with E-state index in [0.717, 1.165) is 23.6 Å². The number of nitrogens with zero attached hydrogens (tertiary/aromatic N) is 2. The van der Waals surface area contributed by atoms with Gasteiger partial charge in [-0.2, -0.15) is 4.72 Å².